The van der Waals surface area contributed by atoms with Crippen molar-refractivity contribution in [3.05, 3.63) is 54.1 Å². The molecule has 0 radical (unpaired) electrons. The number of carbonyl (C=O) groups is 1. The molecule has 0 saturated heterocycles. The van der Waals surface area contributed by atoms with E-state index in [0.717, 1.165) is 22.1 Å². The number of methoxy groups -OCH3 is 1. The molecule has 0 spiro atoms. The number of thioether (sulfide) groups is 1. The molecule has 0 aliphatic heterocycles. The zero-order valence-corrected chi connectivity index (χ0v) is 16.4. The van der Waals surface area contributed by atoms with Crippen LogP contribution in [0.4, 0.5) is 5.69 Å². The van der Waals surface area contributed by atoms with Gasteiger partial charge in [-0.3, -0.25) is 4.79 Å². The normalized spacial score (nSPS) is 10.6. The van der Waals surface area contributed by atoms with Crippen molar-refractivity contribution in [2.45, 2.75) is 18.5 Å². The van der Waals surface area contributed by atoms with E-state index in [1.807, 2.05) is 67.1 Å². The van der Waals surface area contributed by atoms with Crippen molar-refractivity contribution in [2.75, 3.05) is 18.2 Å². The lowest BCUT2D eigenvalue weighted by molar-refractivity contribution is -0.115. The van der Waals surface area contributed by atoms with Gasteiger partial charge in [-0.25, -0.2) is 0 Å². The Morgan fingerprint density at radius 3 is 2.70 bits per heavy atom. The third kappa shape index (κ3) is 4.68. The fraction of sp³-hybridized carbons (Fsp3) is 0.250. The van der Waals surface area contributed by atoms with Crippen LogP contribution in [0.2, 0.25) is 0 Å². The lowest BCUT2D eigenvalue weighted by atomic mass is 10.2. The van der Waals surface area contributed by atoms with Crippen LogP contribution in [0, 0.1) is 6.92 Å². The van der Waals surface area contributed by atoms with E-state index in [1.165, 1.54) is 11.8 Å². The molecule has 3 aromatic rings. The first kappa shape index (κ1) is 19.0. The van der Waals surface area contributed by atoms with Gasteiger partial charge in [0.2, 0.25) is 5.91 Å². The minimum Gasteiger partial charge on any atom is -0.495 e. The number of aryl methyl sites for hydroxylation is 1. The van der Waals surface area contributed by atoms with Crippen molar-refractivity contribution < 1.29 is 9.53 Å². The van der Waals surface area contributed by atoms with Crippen LogP contribution in [-0.2, 0) is 11.8 Å². The number of ether oxygens (including phenoxy) is 1. The molecule has 0 fully saturated rings. The summed E-state index contributed by atoms with van der Waals surface area (Å²) in [6.07, 6.45) is 0.370. The molecule has 0 aliphatic rings. The van der Waals surface area contributed by atoms with Crippen molar-refractivity contribution in [1.29, 1.82) is 0 Å². The van der Waals surface area contributed by atoms with Gasteiger partial charge in [-0.05, 0) is 24.6 Å². The molecule has 1 aromatic heterocycles. The highest BCUT2D eigenvalue weighted by Crippen LogP contribution is 2.26. The minimum atomic E-state index is -0.0585. The standard InChI is InChI=1S/C20H22N4O2S/c1-14-9-10-17(26-3)16(13-14)21-18(25)11-12-27-20-23-22-19(24(20)2)15-7-5-4-6-8-15/h4-10,13H,11-12H2,1-3H3,(H,21,25). The fourth-order valence-electron chi connectivity index (χ4n) is 2.65. The molecule has 0 aliphatic carbocycles. The van der Waals surface area contributed by atoms with Crippen molar-refractivity contribution >= 4 is 23.4 Å². The van der Waals surface area contributed by atoms with Crippen molar-refractivity contribution in [1.82, 2.24) is 14.8 Å². The monoisotopic (exact) mass is 382 g/mol. The maximum atomic E-state index is 12.3. The first-order valence-electron chi connectivity index (χ1n) is 8.60. The summed E-state index contributed by atoms with van der Waals surface area (Å²) in [6, 6.07) is 15.6. The predicted molar refractivity (Wildman–Crippen MR) is 108 cm³/mol. The van der Waals surface area contributed by atoms with E-state index in [0.29, 0.717) is 23.6 Å². The van der Waals surface area contributed by atoms with Crippen LogP contribution in [-0.4, -0.2) is 33.5 Å². The Morgan fingerprint density at radius 2 is 1.96 bits per heavy atom. The van der Waals surface area contributed by atoms with Gasteiger partial charge in [0.15, 0.2) is 11.0 Å². The topological polar surface area (TPSA) is 69.0 Å². The van der Waals surface area contributed by atoms with Gasteiger partial charge in [0, 0.05) is 24.8 Å². The number of nitrogens with zero attached hydrogens (tertiary/aromatic N) is 3. The number of aromatic nitrogens is 3. The van der Waals surface area contributed by atoms with E-state index >= 15 is 0 Å². The molecule has 0 atom stereocenters. The number of anilines is 1. The van der Waals surface area contributed by atoms with E-state index in [2.05, 4.69) is 15.5 Å². The number of carbonyl (C=O) groups excluding carboxylic acids is 1. The molecule has 0 unspecified atom stereocenters. The molecule has 3 rings (SSSR count). The Bertz CT molecular complexity index is 925. The van der Waals surface area contributed by atoms with Gasteiger partial charge in [0.1, 0.15) is 5.75 Å². The third-order valence-corrected chi connectivity index (χ3v) is 5.08. The van der Waals surface area contributed by atoms with Gasteiger partial charge < -0.3 is 14.6 Å². The molecule has 1 heterocycles. The summed E-state index contributed by atoms with van der Waals surface area (Å²) < 4.78 is 7.24. The smallest absolute Gasteiger partial charge is 0.225 e. The summed E-state index contributed by atoms with van der Waals surface area (Å²) in [4.78, 5) is 12.3. The summed E-state index contributed by atoms with van der Waals surface area (Å²) in [5, 5.41) is 12.2. The highest BCUT2D eigenvalue weighted by molar-refractivity contribution is 7.99. The summed E-state index contributed by atoms with van der Waals surface area (Å²) in [5.41, 5.74) is 2.77. The zero-order chi connectivity index (χ0) is 19.2. The van der Waals surface area contributed by atoms with E-state index < -0.39 is 0 Å². The van der Waals surface area contributed by atoms with Gasteiger partial charge in [0.25, 0.3) is 0 Å². The van der Waals surface area contributed by atoms with Crippen LogP contribution in [0.3, 0.4) is 0 Å². The van der Waals surface area contributed by atoms with E-state index in [9.17, 15) is 4.79 Å². The van der Waals surface area contributed by atoms with Gasteiger partial charge in [0.05, 0.1) is 12.8 Å². The molecule has 7 heteroatoms. The third-order valence-electron chi connectivity index (χ3n) is 4.06. The molecule has 1 amide bonds. The van der Waals surface area contributed by atoms with E-state index in [1.54, 1.807) is 7.11 Å². The number of rotatable bonds is 7. The number of nitrogens with one attached hydrogen (secondary N) is 1. The zero-order valence-electron chi connectivity index (χ0n) is 15.6. The van der Waals surface area contributed by atoms with E-state index in [4.69, 9.17) is 4.74 Å². The quantitative estimate of drug-likeness (QED) is 0.627. The molecule has 140 valence electrons. The second-order valence-electron chi connectivity index (χ2n) is 6.08. The summed E-state index contributed by atoms with van der Waals surface area (Å²) in [7, 11) is 3.52. The maximum absolute atomic E-state index is 12.3. The maximum Gasteiger partial charge on any atom is 0.225 e. The first-order valence-corrected chi connectivity index (χ1v) is 9.59. The summed E-state index contributed by atoms with van der Waals surface area (Å²) in [5.74, 6) is 2.02. The number of hydrogen-bond donors (Lipinski definition) is 1. The van der Waals surface area contributed by atoms with Crippen LogP contribution in [0.15, 0.2) is 53.7 Å². The summed E-state index contributed by atoms with van der Waals surface area (Å²) in [6.45, 7) is 1.98. The molecule has 0 saturated carbocycles. The number of benzene rings is 2. The van der Waals surface area contributed by atoms with Gasteiger partial charge in [-0.1, -0.05) is 48.2 Å². The van der Waals surface area contributed by atoms with Crippen LogP contribution >= 0.6 is 11.8 Å². The number of amides is 1. The lowest BCUT2D eigenvalue weighted by Crippen LogP contribution is -2.13. The second-order valence-corrected chi connectivity index (χ2v) is 7.14. The van der Waals surface area contributed by atoms with Gasteiger partial charge in [-0.2, -0.15) is 0 Å². The Balaban J connectivity index is 1.57. The van der Waals surface area contributed by atoms with Gasteiger partial charge >= 0.3 is 0 Å². The Morgan fingerprint density at radius 1 is 1.19 bits per heavy atom. The minimum absolute atomic E-state index is 0.0585. The second kappa shape index (κ2) is 8.73. The Labute approximate surface area is 163 Å². The molecule has 27 heavy (non-hydrogen) atoms. The average molecular weight is 382 g/mol. The van der Waals surface area contributed by atoms with Crippen molar-refractivity contribution in [2.24, 2.45) is 7.05 Å². The molecular formula is C20H22N4O2S. The fourth-order valence-corrected chi connectivity index (χ4v) is 3.50. The number of hydrogen-bond acceptors (Lipinski definition) is 5. The average Bonchev–Trinajstić information content (AvgIpc) is 3.03. The van der Waals surface area contributed by atoms with Crippen LogP contribution < -0.4 is 10.1 Å². The lowest BCUT2D eigenvalue weighted by Gasteiger charge is -2.11. The highest BCUT2D eigenvalue weighted by atomic mass is 32.2. The van der Waals surface area contributed by atoms with E-state index in [-0.39, 0.29) is 5.91 Å². The van der Waals surface area contributed by atoms with Crippen molar-refractivity contribution in [3.63, 3.8) is 0 Å². The van der Waals surface area contributed by atoms with Crippen LogP contribution in [0.1, 0.15) is 12.0 Å². The SMILES string of the molecule is COc1ccc(C)cc1NC(=O)CCSc1nnc(-c2ccccc2)n1C. The molecule has 1 N–H and O–H groups in total. The Kier molecular flexibility index (Phi) is 6.13. The van der Waals surface area contributed by atoms with Crippen LogP contribution in [0.5, 0.6) is 5.75 Å². The van der Waals surface area contributed by atoms with Crippen LogP contribution in [0.25, 0.3) is 11.4 Å². The summed E-state index contributed by atoms with van der Waals surface area (Å²) >= 11 is 1.51. The molecule has 6 nitrogen and oxygen atoms in total. The predicted octanol–water partition coefficient (Wildman–Crippen LogP) is 3.92. The Hall–Kier alpha value is -2.80. The first-order chi connectivity index (χ1) is 13.1. The highest BCUT2D eigenvalue weighted by Gasteiger charge is 2.12. The molecular weight excluding hydrogens is 360 g/mol. The van der Waals surface area contributed by atoms with Gasteiger partial charge in [-0.15, -0.1) is 10.2 Å². The largest absolute Gasteiger partial charge is 0.495 e. The molecule has 2 aromatic carbocycles. The van der Waals surface area contributed by atoms with Crippen molar-refractivity contribution in [3.8, 4) is 17.1 Å². The molecule has 0 bridgehead atoms.